The molecule has 2 amide bonds. The predicted octanol–water partition coefficient (Wildman–Crippen LogP) is 2.02. The van der Waals surface area contributed by atoms with Gasteiger partial charge in [-0.05, 0) is 59.5 Å². The molecule has 1 heterocycles. The summed E-state index contributed by atoms with van der Waals surface area (Å²) >= 11 is 2.20. The Kier molecular flexibility index (Phi) is 4.79. The minimum atomic E-state index is -0.248. The van der Waals surface area contributed by atoms with E-state index in [9.17, 15) is 9.59 Å². The molecule has 0 bridgehead atoms. The molecular formula is C14H17IN2O2. The number of amides is 2. The van der Waals surface area contributed by atoms with Gasteiger partial charge >= 0.3 is 0 Å². The van der Waals surface area contributed by atoms with Gasteiger partial charge in [0.1, 0.15) is 0 Å². The zero-order valence-corrected chi connectivity index (χ0v) is 12.8. The summed E-state index contributed by atoms with van der Waals surface area (Å²) in [6.07, 6.45) is 2.16. The van der Waals surface area contributed by atoms with Crippen LogP contribution in [0.2, 0.25) is 0 Å². The van der Waals surface area contributed by atoms with Gasteiger partial charge in [-0.2, -0.15) is 0 Å². The largest absolute Gasteiger partial charge is 0.370 e. The summed E-state index contributed by atoms with van der Waals surface area (Å²) in [6.45, 7) is 1.42. The normalized spacial score (nSPS) is 16.4. The third-order valence-electron chi connectivity index (χ3n) is 3.46. The van der Waals surface area contributed by atoms with Gasteiger partial charge in [-0.15, -0.1) is 0 Å². The van der Waals surface area contributed by atoms with Crippen molar-refractivity contribution in [2.45, 2.75) is 19.3 Å². The van der Waals surface area contributed by atoms with Gasteiger partial charge in [0.05, 0.1) is 0 Å². The highest BCUT2D eigenvalue weighted by Crippen LogP contribution is 2.22. The maximum atomic E-state index is 12.3. The SMILES string of the molecule is NC(=O)CC1CCN(C(=O)c2cccc(I)c2)CC1. The van der Waals surface area contributed by atoms with Gasteiger partial charge in [0.25, 0.3) is 5.91 Å². The van der Waals surface area contributed by atoms with E-state index in [-0.39, 0.29) is 11.8 Å². The fourth-order valence-electron chi connectivity index (χ4n) is 2.43. The highest BCUT2D eigenvalue weighted by Gasteiger charge is 2.24. The second kappa shape index (κ2) is 6.36. The minimum Gasteiger partial charge on any atom is -0.370 e. The van der Waals surface area contributed by atoms with Crippen molar-refractivity contribution in [3.8, 4) is 0 Å². The number of carbonyl (C=O) groups excluding carboxylic acids is 2. The summed E-state index contributed by atoms with van der Waals surface area (Å²) in [5, 5.41) is 0. The third-order valence-corrected chi connectivity index (χ3v) is 4.13. The van der Waals surface area contributed by atoms with Crippen LogP contribution in [0, 0.1) is 9.49 Å². The molecule has 0 unspecified atom stereocenters. The molecule has 0 saturated carbocycles. The maximum Gasteiger partial charge on any atom is 0.253 e. The maximum absolute atomic E-state index is 12.3. The molecule has 19 heavy (non-hydrogen) atoms. The molecule has 2 N–H and O–H groups in total. The first kappa shape index (κ1) is 14.3. The zero-order valence-electron chi connectivity index (χ0n) is 10.6. The van der Waals surface area contributed by atoms with Crippen LogP contribution >= 0.6 is 22.6 Å². The highest BCUT2D eigenvalue weighted by atomic mass is 127. The van der Waals surface area contributed by atoms with E-state index < -0.39 is 0 Å². The lowest BCUT2D eigenvalue weighted by molar-refractivity contribution is -0.119. The summed E-state index contributed by atoms with van der Waals surface area (Å²) in [6, 6.07) is 7.61. The van der Waals surface area contributed by atoms with Crippen LogP contribution in [-0.2, 0) is 4.79 Å². The topological polar surface area (TPSA) is 63.4 Å². The molecule has 0 atom stereocenters. The van der Waals surface area contributed by atoms with E-state index in [2.05, 4.69) is 22.6 Å². The molecule has 0 aromatic heterocycles. The predicted molar refractivity (Wildman–Crippen MR) is 81.6 cm³/mol. The Balaban J connectivity index is 1.94. The monoisotopic (exact) mass is 372 g/mol. The third kappa shape index (κ3) is 3.92. The number of rotatable bonds is 3. The molecule has 102 valence electrons. The van der Waals surface area contributed by atoms with Crippen molar-refractivity contribution in [1.82, 2.24) is 4.90 Å². The van der Waals surface area contributed by atoms with Crippen molar-refractivity contribution >= 4 is 34.4 Å². The Labute approximate surface area is 126 Å². The summed E-state index contributed by atoms with van der Waals surface area (Å²) < 4.78 is 1.06. The lowest BCUT2D eigenvalue weighted by atomic mass is 9.93. The summed E-state index contributed by atoms with van der Waals surface area (Å²) in [4.78, 5) is 25.1. The molecule has 2 rings (SSSR count). The molecular weight excluding hydrogens is 355 g/mol. The van der Waals surface area contributed by atoms with Crippen molar-refractivity contribution in [3.05, 3.63) is 33.4 Å². The molecule has 1 saturated heterocycles. The van der Waals surface area contributed by atoms with Crippen LogP contribution in [0.25, 0.3) is 0 Å². The number of primary amides is 1. The average molecular weight is 372 g/mol. The number of likely N-dealkylation sites (tertiary alicyclic amines) is 1. The minimum absolute atomic E-state index is 0.0797. The van der Waals surface area contributed by atoms with E-state index >= 15 is 0 Å². The molecule has 5 heteroatoms. The van der Waals surface area contributed by atoms with E-state index in [1.54, 1.807) is 0 Å². The van der Waals surface area contributed by atoms with E-state index in [0.717, 1.165) is 22.0 Å². The molecule has 0 spiro atoms. The molecule has 0 radical (unpaired) electrons. The van der Waals surface area contributed by atoms with Crippen LogP contribution in [-0.4, -0.2) is 29.8 Å². The number of carbonyl (C=O) groups is 2. The number of nitrogens with zero attached hydrogens (tertiary/aromatic N) is 1. The van der Waals surface area contributed by atoms with E-state index in [4.69, 9.17) is 5.73 Å². The smallest absolute Gasteiger partial charge is 0.253 e. The Morgan fingerprint density at radius 3 is 2.58 bits per heavy atom. The number of benzene rings is 1. The first-order valence-electron chi connectivity index (χ1n) is 6.39. The summed E-state index contributed by atoms with van der Waals surface area (Å²) in [7, 11) is 0. The molecule has 0 aliphatic carbocycles. The summed E-state index contributed by atoms with van der Waals surface area (Å²) in [5.74, 6) is 0.163. The number of hydrogen-bond acceptors (Lipinski definition) is 2. The van der Waals surface area contributed by atoms with Crippen LogP contribution in [0.15, 0.2) is 24.3 Å². The fraction of sp³-hybridized carbons (Fsp3) is 0.429. The van der Waals surface area contributed by atoms with Gasteiger partial charge in [0.2, 0.25) is 5.91 Å². The second-order valence-corrected chi connectivity index (χ2v) is 6.16. The van der Waals surface area contributed by atoms with Gasteiger partial charge in [0.15, 0.2) is 0 Å². The first-order valence-corrected chi connectivity index (χ1v) is 7.47. The van der Waals surface area contributed by atoms with Crippen LogP contribution < -0.4 is 5.73 Å². The van der Waals surface area contributed by atoms with Crippen molar-refractivity contribution in [1.29, 1.82) is 0 Å². The highest BCUT2D eigenvalue weighted by molar-refractivity contribution is 14.1. The van der Waals surface area contributed by atoms with Gasteiger partial charge in [-0.25, -0.2) is 0 Å². The molecule has 1 aliphatic heterocycles. The van der Waals surface area contributed by atoms with Crippen LogP contribution in [0.5, 0.6) is 0 Å². The van der Waals surface area contributed by atoms with Crippen molar-refractivity contribution in [2.75, 3.05) is 13.1 Å². The Morgan fingerprint density at radius 1 is 1.32 bits per heavy atom. The van der Waals surface area contributed by atoms with E-state index in [0.29, 0.717) is 25.4 Å². The lowest BCUT2D eigenvalue weighted by Gasteiger charge is -2.31. The average Bonchev–Trinajstić information content (AvgIpc) is 2.38. The summed E-state index contributed by atoms with van der Waals surface area (Å²) in [5.41, 5.74) is 5.94. The molecule has 1 aromatic carbocycles. The van der Waals surface area contributed by atoms with E-state index in [1.807, 2.05) is 29.2 Å². The van der Waals surface area contributed by atoms with Crippen molar-refractivity contribution in [2.24, 2.45) is 11.7 Å². The zero-order chi connectivity index (χ0) is 13.8. The number of nitrogens with two attached hydrogens (primary N) is 1. The van der Waals surface area contributed by atoms with Crippen molar-refractivity contribution in [3.63, 3.8) is 0 Å². The molecule has 4 nitrogen and oxygen atoms in total. The fourth-order valence-corrected chi connectivity index (χ4v) is 2.97. The standard InChI is InChI=1S/C14H17IN2O2/c15-12-3-1-2-11(9-12)14(19)17-6-4-10(5-7-17)8-13(16)18/h1-3,9-10H,4-8H2,(H2,16,18). The number of hydrogen-bond donors (Lipinski definition) is 1. The Morgan fingerprint density at radius 2 is 2.00 bits per heavy atom. The van der Waals surface area contributed by atoms with Gasteiger partial charge in [0, 0.05) is 28.6 Å². The molecule has 1 aromatic rings. The quantitative estimate of drug-likeness (QED) is 0.826. The van der Waals surface area contributed by atoms with Crippen LogP contribution in [0.1, 0.15) is 29.6 Å². The first-order chi connectivity index (χ1) is 9.06. The lowest BCUT2D eigenvalue weighted by Crippen LogP contribution is -2.39. The Hall–Kier alpha value is -1.11. The van der Waals surface area contributed by atoms with Crippen LogP contribution in [0.4, 0.5) is 0 Å². The number of halogens is 1. The van der Waals surface area contributed by atoms with Gasteiger partial charge in [-0.1, -0.05) is 6.07 Å². The van der Waals surface area contributed by atoms with Crippen LogP contribution in [0.3, 0.4) is 0 Å². The van der Waals surface area contributed by atoms with Gasteiger partial charge < -0.3 is 10.6 Å². The Bertz CT molecular complexity index is 482. The van der Waals surface area contributed by atoms with Crippen molar-refractivity contribution < 1.29 is 9.59 Å². The second-order valence-electron chi connectivity index (χ2n) is 4.92. The number of piperidine rings is 1. The van der Waals surface area contributed by atoms with Gasteiger partial charge in [-0.3, -0.25) is 9.59 Å². The molecule has 1 aliphatic rings. The van der Waals surface area contributed by atoms with E-state index in [1.165, 1.54) is 0 Å². The molecule has 1 fully saturated rings.